The molecule has 2 heterocycles. The quantitative estimate of drug-likeness (QED) is 0.838. The molecule has 1 aliphatic heterocycles. The maximum atomic E-state index is 12.2. The number of aryl methyl sites for hydroxylation is 1. The minimum absolute atomic E-state index is 0.112. The second-order valence-electron chi connectivity index (χ2n) is 4.09. The Kier molecular flexibility index (Phi) is 3.64. The van der Waals surface area contributed by atoms with Crippen LogP contribution in [-0.2, 0) is 7.05 Å². The van der Waals surface area contributed by atoms with Crippen LogP contribution in [0.2, 0.25) is 0 Å². The number of rotatable bonds is 2. The van der Waals surface area contributed by atoms with Crippen LogP contribution in [0.15, 0.2) is 16.7 Å². The molecule has 1 aromatic rings. The van der Waals surface area contributed by atoms with Gasteiger partial charge in [-0.1, -0.05) is 0 Å². The van der Waals surface area contributed by atoms with Crippen LogP contribution >= 0.6 is 27.7 Å². The molecule has 88 valence electrons. The Labute approximate surface area is 108 Å². The van der Waals surface area contributed by atoms with E-state index in [4.69, 9.17) is 0 Å². The van der Waals surface area contributed by atoms with E-state index in [2.05, 4.69) is 15.9 Å². The maximum absolute atomic E-state index is 12.2. The Morgan fingerprint density at radius 2 is 2.44 bits per heavy atom. The summed E-state index contributed by atoms with van der Waals surface area (Å²) in [4.78, 5) is 14.1. The zero-order valence-corrected chi connectivity index (χ0v) is 11.8. The van der Waals surface area contributed by atoms with Crippen LogP contribution in [0, 0.1) is 0 Å². The molecule has 0 aromatic carbocycles. The summed E-state index contributed by atoms with van der Waals surface area (Å²) in [5.41, 5.74) is 0.742. The Balaban J connectivity index is 2.14. The largest absolute Gasteiger partial charge is 0.345 e. The van der Waals surface area contributed by atoms with Crippen molar-refractivity contribution in [2.45, 2.75) is 12.5 Å². The number of carbonyl (C=O) groups excluding carboxylic acids is 1. The molecule has 1 aromatic heterocycles. The number of hydrogen-bond donors (Lipinski definition) is 0. The fraction of sp³-hybridized carbons (Fsp3) is 0.545. The fourth-order valence-electron chi connectivity index (χ4n) is 1.91. The first-order chi connectivity index (χ1) is 7.59. The van der Waals surface area contributed by atoms with Crippen LogP contribution in [0.3, 0.4) is 0 Å². The molecule has 2 rings (SSSR count). The molecule has 0 saturated carbocycles. The molecule has 0 aliphatic carbocycles. The Morgan fingerprint density at radius 1 is 1.69 bits per heavy atom. The highest BCUT2D eigenvalue weighted by molar-refractivity contribution is 9.10. The lowest BCUT2D eigenvalue weighted by atomic mass is 10.2. The van der Waals surface area contributed by atoms with Crippen molar-refractivity contribution in [2.75, 3.05) is 18.6 Å². The molecule has 1 fully saturated rings. The normalized spacial score (nSPS) is 20.1. The first-order valence-corrected chi connectivity index (χ1v) is 7.21. The van der Waals surface area contributed by atoms with E-state index < -0.39 is 0 Å². The van der Waals surface area contributed by atoms with Crippen LogP contribution < -0.4 is 0 Å². The van der Waals surface area contributed by atoms with E-state index in [9.17, 15) is 4.79 Å². The SMILES string of the molecule is CN(C(=O)c1cc(Br)cn1C)C1CCSC1. The monoisotopic (exact) mass is 302 g/mol. The average Bonchev–Trinajstić information content (AvgIpc) is 2.85. The molecular formula is C11H15BrN2OS. The molecule has 3 nitrogen and oxygen atoms in total. The first-order valence-electron chi connectivity index (χ1n) is 5.26. The summed E-state index contributed by atoms with van der Waals surface area (Å²) in [5, 5.41) is 0. The number of hydrogen-bond acceptors (Lipinski definition) is 2. The van der Waals surface area contributed by atoms with Crippen molar-refractivity contribution >= 4 is 33.6 Å². The molecular weight excluding hydrogens is 288 g/mol. The van der Waals surface area contributed by atoms with Crippen molar-refractivity contribution in [2.24, 2.45) is 7.05 Å². The van der Waals surface area contributed by atoms with E-state index in [1.54, 1.807) is 0 Å². The molecule has 1 unspecified atom stereocenters. The molecule has 0 N–H and O–H groups in total. The number of thioether (sulfide) groups is 1. The van der Waals surface area contributed by atoms with E-state index in [-0.39, 0.29) is 5.91 Å². The number of carbonyl (C=O) groups is 1. The smallest absolute Gasteiger partial charge is 0.270 e. The summed E-state index contributed by atoms with van der Waals surface area (Å²) in [7, 11) is 3.80. The minimum Gasteiger partial charge on any atom is -0.345 e. The summed E-state index contributed by atoms with van der Waals surface area (Å²) >= 11 is 5.31. The van der Waals surface area contributed by atoms with Gasteiger partial charge in [-0.15, -0.1) is 0 Å². The summed E-state index contributed by atoms with van der Waals surface area (Å²) < 4.78 is 2.82. The second kappa shape index (κ2) is 4.84. The maximum Gasteiger partial charge on any atom is 0.270 e. The van der Waals surface area contributed by atoms with E-state index >= 15 is 0 Å². The minimum atomic E-state index is 0.112. The van der Waals surface area contributed by atoms with Crippen molar-refractivity contribution in [3.8, 4) is 0 Å². The Hall–Kier alpha value is -0.420. The number of nitrogens with zero attached hydrogens (tertiary/aromatic N) is 2. The molecule has 0 radical (unpaired) electrons. The summed E-state index contributed by atoms with van der Waals surface area (Å²) in [6.45, 7) is 0. The van der Waals surface area contributed by atoms with Gasteiger partial charge in [-0.25, -0.2) is 0 Å². The van der Waals surface area contributed by atoms with Crippen molar-refractivity contribution in [1.82, 2.24) is 9.47 Å². The molecule has 0 spiro atoms. The third-order valence-corrected chi connectivity index (χ3v) is 4.54. The van der Waals surface area contributed by atoms with Gasteiger partial charge in [-0.2, -0.15) is 11.8 Å². The number of halogens is 1. The second-order valence-corrected chi connectivity index (χ2v) is 6.15. The van der Waals surface area contributed by atoms with Crippen molar-refractivity contribution < 1.29 is 4.79 Å². The van der Waals surface area contributed by atoms with Gasteiger partial charge in [-0.3, -0.25) is 4.79 Å². The molecule has 16 heavy (non-hydrogen) atoms. The van der Waals surface area contributed by atoms with Crippen LogP contribution in [0.5, 0.6) is 0 Å². The number of aromatic nitrogens is 1. The zero-order chi connectivity index (χ0) is 11.7. The lowest BCUT2D eigenvalue weighted by Gasteiger charge is -2.23. The van der Waals surface area contributed by atoms with Crippen molar-refractivity contribution in [3.05, 3.63) is 22.4 Å². The van der Waals surface area contributed by atoms with Crippen molar-refractivity contribution in [3.63, 3.8) is 0 Å². The van der Waals surface area contributed by atoms with Gasteiger partial charge in [0.1, 0.15) is 5.69 Å². The van der Waals surface area contributed by atoms with Crippen molar-refractivity contribution in [1.29, 1.82) is 0 Å². The lowest BCUT2D eigenvalue weighted by molar-refractivity contribution is 0.0738. The van der Waals surface area contributed by atoms with Gasteiger partial charge in [0.15, 0.2) is 0 Å². The highest BCUT2D eigenvalue weighted by Crippen LogP contribution is 2.23. The predicted octanol–water partition coefficient (Wildman–Crippen LogP) is 2.37. The van der Waals surface area contributed by atoms with Gasteiger partial charge in [-0.05, 0) is 34.2 Å². The molecule has 1 amide bonds. The third kappa shape index (κ3) is 2.30. The Bertz CT molecular complexity index is 399. The van der Waals surface area contributed by atoms with Gasteiger partial charge in [0.2, 0.25) is 0 Å². The molecule has 5 heteroatoms. The zero-order valence-electron chi connectivity index (χ0n) is 9.44. The highest BCUT2D eigenvalue weighted by Gasteiger charge is 2.25. The van der Waals surface area contributed by atoms with Crippen LogP contribution in [-0.4, -0.2) is 40.0 Å². The fourth-order valence-corrected chi connectivity index (χ4v) is 3.70. The van der Waals surface area contributed by atoms with E-state index in [1.807, 2.05) is 47.6 Å². The van der Waals surface area contributed by atoms with Gasteiger partial charge in [0.25, 0.3) is 5.91 Å². The highest BCUT2D eigenvalue weighted by atomic mass is 79.9. The summed E-state index contributed by atoms with van der Waals surface area (Å²) in [6, 6.07) is 2.27. The van der Waals surface area contributed by atoms with Gasteiger partial charge < -0.3 is 9.47 Å². The molecule has 1 saturated heterocycles. The average molecular weight is 303 g/mol. The summed E-state index contributed by atoms with van der Waals surface area (Å²) in [6.07, 6.45) is 3.02. The van der Waals surface area contributed by atoms with E-state index in [0.29, 0.717) is 6.04 Å². The number of amides is 1. The third-order valence-electron chi connectivity index (χ3n) is 2.96. The predicted molar refractivity (Wildman–Crippen MR) is 70.9 cm³/mol. The van der Waals surface area contributed by atoms with E-state index in [1.165, 1.54) is 5.75 Å². The molecule has 0 bridgehead atoms. The first kappa shape index (κ1) is 12.0. The topological polar surface area (TPSA) is 25.2 Å². The van der Waals surface area contributed by atoms with Crippen LogP contribution in [0.25, 0.3) is 0 Å². The van der Waals surface area contributed by atoms with Gasteiger partial charge >= 0.3 is 0 Å². The lowest BCUT2D eigenvalue weighted by Crippen LogP contribution is -2.37. The molecule has 1 aliphatic rings. The Morgan fingerprint density at radius 3 is 2.94 bits per heavy atom. The van der Waals surface area contributed by atoms with Crippen LogP contribution in [0.4, 0.5) is 0 Å². The van der Waals surface area contributed by atoms with Gasteiger partial charge in [0, 0.05) is 36.6 Å². The summed E-state index contributed by atoms with van der Waals surface area (Å²) in [5.74, 6) is 2.34. The van der Waals surface area contributed by atoms with E-state index in [0.717, 1.165) is 22.3 Å². The standard InChI is InChI=1S/C11H15BrN2OS/c1-13-6-8(12)5-10(13)11(15)14(2)9-3-4-16-7-9/h5-6,9H,3-4,7H2,1-2H3. The van der Waals surface area contributed by atoms with Gasteiger partial charge in [0.05, 0.1) is 0 Å². The van der Waals surface area contributed by atoms with Crippen LogP contribution in [0.1, 0.15) is 16.9 Å². The molecule has 1 atom stereocenters.